The molecule has 1 unspecified atom stereocenters. The zero-order chi connectivity index (χ0) is 11.7. The SMILES string of the molecule is Brc1ccc(-c2nc(C3CCNC3)cs2)cc1. The Morgan fingerprint density at radius 3 is 2.82 bits per heavy atom. The number of benzene rings is 1. The fraction of sp³-hybridized carbons (Fsp3) is 0.308. The van der Waals surface area contributed by atoms with Crippen LogP contribution in [0.5, 0.6) is 0 Å². The highest BCUT2D eigenvalue weighted by molar-refractivity contribution is 9.10. The van der Waals surface area contributed by atoms with Crippen LogP contribution in [0.25, 0.3) is 10.6 Å². The normalized spacial score (nSPS) is 19.7. The highest BCUT2D eigenvalue weighted by Crippen LogP contribution is 2.30. The fourth-order valence-corrected chi connectivity index (χ4v) is 3.28. The Morgan fingerprint density at radius 2 is 2.12 bits per heavy atom. The van der Waals surface area contributed by atoms with Crippen molar-refractivity contribution >= 4 is 27.3 Å². The topological polar surface area (TPSA) is 24.9 Å². The molecule has 2 aromatic rings. The Bertz CT molecular complexity index is 500. The van der Waals surface area contributed by atoms with Crippen LogP contribution >= 0.6 is 27.3 Å². The standard InChI is InChI=1S/C13H13BrN2S/c14-11-3-1-9(2-4-11)13-16-12(8-17-13)10-5-6-15-7-10/h1-4,8,10,15H,5-7H2. The first-order valence-corrected chi connectivity index (χ1v) is 7.42. The lowest BCUT2D eigenvalue weighted by molar-refractivity contribution is 0.742. The van der Waals surface area contributed by atoms with Crippen LogP contribution in [0.4, 0.5) is 0 Å². The lowest BCUT2D eigenvalue weighted by Crippen LogP contribution is -2.08. The van der Waals surface area contributed by atoms with Gasteiger partial charge in [0.05, 0.1) is 5.69 Å². The molecule has 2 heterocycles. The van der Waals surface area contributed by atoms with Gasteiger partial charge in [0, 0.05) is 27.9 Å². The van der Waals surface area contributed by atoms with Gasteiger partial charge in [-0.1, -0.05) is 28.1 Å². The Balaban J connectivity index is 1.86. The van der Waals surface area contributed by atoms with Crippen LogP contribution < -0.4 is 5.32 Å². The van der Waals surface area contributed by atoms with Crippen molar-refractivity contribution in [1.29, 1.82) is 0 Å². The molecule has 0 aliphatic carbocycles. The Kier molecular flexibility index (Phi) is 3.27. The zero-order valence-corrected chi connectivity index (χ0v) is 11.7. The molecule has 3 rings (SSSR count). The lowest BCUT2D eigenvalue weighted by Gasteiger charge is -2.02. The van der Waals surface area contributed by atoms with Crippen LogP contribution in [0.1, 0.15) is 18.0 Å². The number of thiazole rings is 1. The Labute approximate surface area is 113 Å². The summed E-state index contributed by atoms with van der Waals surface area (Å²) >= 11 is 5.19. The first-order chi connectivity index (χ1) is 8.33. The van der Waals surface area contributed by atoms with Crippen molar-refractivity contribution < 1.29 is 0 Å². The zero-order valence-electron chi connectivity index (χ0n) is 9.32. The molecule has 0 radical (unpaired) electrons. The summed E-state index contributed by atoms with van der Waals surface area (Å²) in [4.78, 5) is 4.76. The third-order valence-electron chi connectivity index (χ3n) is 3.09. The first-order valence-electron chi connectivity index (χ1n) is 5.75. The monoisotopic (exact) mass is 308 g/mol. The molecule has 0 bridgehead atoms. The van der Waals surface area contributed by atoms with Crippen LogP contribution in [0, 0.1) is 0 Å². The third-order valence-corrected chi connectivity index (χ3v) is 4.53. The highest BCUT2D eigenvalue weighted by Gasteiger charge is 2.19. The Morgan fingerprint density at radius 1 is 1.29 bits per heavy atom. The highest BCUT2D eigenvalue weighted by atomic mass is 79.9. The molecule has 17 heavy (non-hydrogen) atoms. The van der Waals surface area contributed by atoms with Gasteiger partial charge in [-0.15, -0.1) is 11.3 Å². The molecule has 1 aliphatic heterocycles. The maximum absolute atomic E-state index is 4.76. The summed E-state index contributed by atoms with van der Waals surface area (Å²) in [7, 11) is 0. The number of halogens is 1. The maximum atomic E-state index is 4.76. The molecular weight excluding hydrogens is 296 g/mol. The van der Waals surface area contributed by atoms with E-state index in [2.05, 4.69) is 50.9 Å². The second kappa shape index (κ2) is 4.88. The van der Waals surface area contributed by atoms with E-state index in [9.17, 15) is 0 Å². The first kappa shape index (κ1) is 11.4. The second-order valence-electron chi connectivity index (χ2n) is 4.27. The van der Waals surface area contributed by atoms with E-state index in [1.54, 1.807) is 11.3 Å². The van der Waals surface area contributed by atoms with Crippen molar-refractivity contribution in [3.8, 4) is 10.6 Å². The van der Waals surface area contributed by atoms with Crippen LogP contribution in [-0.2, 0) is 0 Å². The van der Waals surface area contributed by atoms with E-state index in [4.69, 9.17) is 4.98 Å². The predicted molar refractivity (Wildman–Crippen MR) is 75.5 cm³/mol. The summed E-state index contributed by atoms with van der Waals surface area (Å²) in [5.41, 5.74) is 2.45. The molecule has 0 saturated carbocycles. The van der Waals surface area contributed by atoms with Crippen molar-refractivity contribution in [3.05, 3.63) is 39.8 Å². The number of rotatable bonds is 2. The Hall–Kier alpha value is -0.710. The van der Waals surface area contributed by atoms with E-state index < -0.39 is 0 Å². The molecule has 1 atom stereocenters. The number of aromatic nitrogens is 1. The van der Waals surface area contributed by atoms with Gasteiger partial charge in [0.1, 0.15) is 5.01 Å². The van der Waals surface area contributed by atoms with E-state index in [-0.39, 0.29) is 0 Å². The average Bonchev–Trinajstić information content (AvgIpc) is 3.00. The summed E-state index contributed by atoms with van der Waals surface area (Å²) in [5.74, 6) is 0.607. The van der Waals surface area contributed by atoms with Gasteiger partial charge in [0.2, 0.25) is 0 Å². The molecule has 1 fully saturated rings. The van der Waals surface area contributed by atoms with E-state index in [0.717, 1.165) is 22.6 Å². The molecule has 1 aromatic heterocycles. The van der Waals surface area contributed by atoms with E-state index >= 15 is 0 Å². The van der Waals surface area contributed by atoms with Gasteiger partial charge in [0.25, 0.3) is 0 Å². The average molecular weight is 309 g/mol. The summed E-state index contributed by atoms with van der Waals surface area (Å²) in [6.07, 6.45) is 1.21. The number of hydrogen-bond acceptors (Lipinski definition) is 3. The molecule has 1 aromatic carbocycles. The molecule has 0 amide bonds. The minimum absolute atomic E-state index is 0.607. The van der Waals surface area contributed by atoms with E-state index in [1.807, 2.05) is 0 Å². The predicted octanol–water partition coefficient (Wildman–Crippen LogP) is 3.65. The fourth-order valence-electron chi connectivity index (χ4n) is 2.11. The molecular formula is C13H13BrN2S. The van der Waals surface area contributed by atoms with Crippen molar-refractivity contribution in [3.63, 3.8) is 0 Å². The molecule has 0 spiro atoms. The van der Waals surface area contributed by atoms with Crippen LogP contribution in [0.15, 0.2) is 34.1 Å². The minimum Gasteiger partial charge on any atom is -0.316 e. The number of hydrogen-bond donors (Lipinski definition) is 1. The lowest BCUT2D eigenvalue weighted by atomic mass is 10.1. The van der Waals surface area contributed by atoms with Gasteiger partial charge in [-0.05, 0) is 25.1 Å². The summed E-state index contributed by atoms with van der Waals surface area (Å²) in [6.45, 7) is 2.19. The van der Waals surface area contributed by atoms with Crippen molar-refractivity contribution in [2.75, 3.05) is 13.1 Å². The van der Waals surface area contributed by atoms with Crippen molar-refractivity contribution in [2.45, 2.75) is 12.3 Å². The summed E-state index contributed by atoms with van der Waals surface area (Å²) in [5, 5.41) is 6.71. The third kappa shape index (κ3) is 2.44. The molecule has 1 saturated heterocycles. The largest absolute Gasteiger partial charge is 0.316 e. The van der Waals surface area contributed by atoms with Gasteiger partial charge in [-0.3, -0.25) is 0 Å². The second-order valence-corrected chi connectivity index (χ2v) is 6.05. The van der Waals surface area contributed by atoms with Crippen LogP contribution in [0.2, 0.25) is 0 Å². The van der Waals surface area contributed by atoms with E-state index in [0.29, 0.717) is 5.92 Å². The molecule has 1 aliphatic rings. The molecule has 1 N–H and O–H groups in total. The maximum Gasteiger partial charge on any atom is 0.123 e. The van der Waals surface area contributed by atoms with Gasteiger partial charge in [-0.2, -0.15) is 0 Å². The number of nitrogens with zero attached hydrogens (tertiary/aromatic N) is 1. The smallest absolute Gasteiger partial charge is 0.123 e. The minimum atomic E-state index is 0.607. The van der Waals surface area contributed by atoms with Crippen molar-refractivity contribution in [2.24, 2.45) is 0 Å². The quantitative estimate of drug-likeness (QED) is 0.916. The van der Waals surface area contributed by atoms with Gasteiger partial charge in [0.15, 0.2) is 0 Å². The van der Waals surface area contributed by atoms with Crippen molar-refractivity contribution in [1.82, 2.24) is 10.3 Å². The summed E-state index contributed by atoms with van der Waals surface area (Å²) in [6, 6.07) is 8.35. The molecule has 4 heteroatoms. The van der Waals surface area contributed by atoms with Gasteiger partial charge in [-0.25, -0.2) is 4.98 Å². The molecule has 2 nitrogen and oxygen atoms in total. The van der Waals surface area contributed by atoms with Gasteiger partial charge >= 0.3 is 0 Å². The number of nitrogens with one attached hydrogen (secondary N) is 1. The van der Waals surface area contributed by atoms with Crippen LogP contribution in [-0.4, -0.2) is 18.1 Å². The van der Waals surface area contributed by atoms with Crippen LogP contribution in [0.3, 0.4) is 0 Å². The van der Waals surface area contributed by atoms with Gasteiger partial charge < -0.3 is 5.32 Å². The van der Waals surface area contributed by atoms with E-state index in [1.165, 1.54) is 17.7 Å². The summed E-state index contributed by atoms with van der Waals surface area (Å²) < 4.78 is 1.11. The molecule has 88 valence electrons.